The molecule has 2 rings (SSSR count). The van der Waals surface area contributed by atoms with E-state index in [1.165, 1.54) is 21.3 Å². The molecular formula is C17H21NO6. The molecule has 1 unspecified atom stereocenters. The molecule has 1 aromatic carbocycles. The van der Waals surface area contributed by atoms with Gasteiger partial charge in [-0.3, -0.25) is 4.79 Å². The molecule has 1 N–H and O–H groups in total. The van der Waals surface area contributed by atoms with E-state index in [0.717, 1.165) is 0 Å². The van der Waals surface area contributed by atoms with E-state index < -0.39 is 0 Å². The summed E-state index contributed by atoms with van der Waals surface area (Å²) in [5.74, 6) is 1.47. The molecule has 1 aromatic heterocycles. The third kappa shape index (κ3) is 3.62. The van der Waals surface area contributed by atoms with Crippen LogP contribution in [-0.2, 0) is 4.74 Å². The van der Waals surface area contributed by atoms with Crippen molar-refractivity contribution in [3.8, 4) is 17.2 Å². The molecule has 0 radical (unpaired) electrons. The highest BCUT2D eigenvalue weighted by Gasteiger charge is 2.22. The first-order valence-electron chi connectivity index (χ1n) is 7.29. The summed E-state index contributed by atoms with van der Waals surface area (Å²) in [5, 5.41) is 2.80. The summed E-state index contributed by atoms with van der Waals surface area (Å²) in [6, 6.07) is 6.82. The van der Waals surface area contributed by atoms with Crippen LogP contribution in [0.4, 0.5) is 0 Å². The Bertz CT molecular complexity index is 668. The van der Waals surface area contributed by atoms with Gasteiger partial charge in [0.25, 0.3) is 5.91 Å². The Morgan fingerprint density at radius 3 is 2.38 bits per heavy atom. The Hall–Kier alpha value is -2.67. The van der Waals surface area contributed by atoms with Crippen LogP contribution in [0.3, 0.4) is 0 Å². The monoisotopic (exact) mass is 335 g/mol. The van der Waals surface area contributed by atoms with Crippen molar-refractivity contribution in [2.45, 2.75) is 6.10 Å². The summed E-state index contributed by atoms with van der Waals surface area (Å²) in [6.45, 7) is 0.250. The van der Waals surface area contributed by atoms with Crippen LogP contribution in [-0.4, -0.2) is 40.9 Å². The van der Waals surface area contributed by atoms with Gasteiger partial charge in [-0.15, -0.1) is 0 Å². The number of hydrogen-bond donors (Lipinski definition) is 1. The van der Waals surface area contributed by atoms with Crippen LogP contribution in [0.15, 0.2) is 34.9 Å². The lowest BCUT2D eigenvalue weighted by molar-refractivity contribution is 0.0736. The third-order valence-electron chi connectivity index (χ3n) is 3.54. The zero-order valence-electron chi connectivity index (χ0n) is 14.1. The molecule has 0 spiro atoms. The predicted molar refractivity (Wildman–Crippen MR) is 86.9 cm³/mol. The van der Waals surface area contributed by atoms with E-state index in [0.29, 0.717) is 28.6 Å². The van der Waals surface area contributed by atoms with Crippen LogP contribution in [0, 0.1) is 0 Å². The SMILES string of the molecule is COc1ccc(C(=O)NCC(OC)c2ccco2)c(OC)c1OC. The van der Waals surface area contributed by atoms with Gasteiger partial charge in [0.2, 0.25) is 5.75 Å². The fraction of sp³-hybridized carbons (Fsp3) is 0.353. The van der Waals surface area contributed by atoms with Gasteiger partial charge in [0.05, 0.1) is 39.7 Å². The van der Waals surface area contributed by atoms with Gasteiger partial charge in [0.1, 0.15) is 11.9 Å². The van der Waals surface area contributed by atoms with Gasteiger partial charge in [-0.2, -0.15) is 0 Å². The van der Waals surface area contributed by atoms with Crippen molar-refractivity contribution in [3.05, 3.63) is 41.9 Å². The van der Waals surface area contributed by atoms with Crippen molar-refractivity contribution in [3.63, 3.8) is 0 Å². The molecule has 24 heavy (non-hydrogen) atoms. The number of carbonyl (C=O) groups is 1. The minimum absolute atomic E-state index is 0.250. The number of benzene rings is 1. The Kier molecular flexibility index (Phi) is 6.08. The van der Waals surface area contributed by atoms with E-state index in [-0.39, 0.29) is 18.6 Å². The van der Waals surface area contributed by atoms with Gasteiger partial charge in [-0.25, -0.2) is 0 Å². The molecule has 1 amide bonds. The molecule has 2 aromatic rings. The normalized spacial score (nSPS) is 11.7. The molecule has 7 heteroatoms. The van der Waals surface area contributed by atoms with Crippen molar-refractivity contribution < 1.29 is 28.2 Å². The molecule has 0 saturated carbocycles. The van der Waals surface area contributed by atoms with Crippen LogP contribution in [0.1, 0.15) is 22.2 Å². The maximum absolute atomic E-state index is 12.5. The van der Waals surface area contributed by atoms with Gasteiger partial charge in [-0.1, -0.05) is 0 Å². The van der Waals surface area contributed by atoms with Crippen LogP contribution < -0.4 is 19.5 Å². The lowest BCUT2D eigenvalue weighted by Gasteiger charge is -2.17. The summed E-state index contributed by atoms with van der Waals surface area (Å²) >= 11 is 0. The Morgan fingerprint density at radius 2 is 1.83 bits per heavy atom. The van der Waals surface area contributed by atoms with Crippen molar-refractivity contribution in [2.75, 3.05) is 35.0 Å². The molecule has 0 bridgehead atoms. The molecule has 7 nitrogen and oxygen atoms in total. The Labute approximate surface area is 140 Å². The molecule has 0 fully saturated rings. The minimum Gasteiger partial charge on any atom is -0.493 e. The largest absolute Gasteiger partial charge is 0.493 e. The van der Waals surface area contributed by atoms with Crippen LogP contribution >= 0.6 is 0 Å². The fourth-order valence-corrected chi connectivity index (χ4v) is 2.34. The smallest absolute Gasteiger partial charge is 0.255 e. The van der Waals surface area contributed by atoms with E-state index in [9.17, 15) is 4.79 Å². The number of hydrogen-bond acceptors (Lipinski definition) is 6. The van der Waals surface area contributed by atoms with E-state index in [1.54, 1.807) is 37.6 Å². The summed E-state index contributed by atoms with van der Waals surface area (Å²) in [4.78, 5) is 12.5. The number of rotatable bonds is 8. The number of methoxy groups -OCH3 is 4. The molecule has 130 valence electrons. The highest BCUT2D eigenvalue weighted by atomic mass is 16.5. The third-order valence-corrected chi connectivity index (χ3v) is 3.54. The second-order valence-corrected chi connectivity index (χ2v) is 4.83. The van der Waals surface area contributed by atoms with Crippen molar-refractivity contribution in [1.82, 2.24) is 5.32 Å². The summed E-state index contributed by atoms with van der Waals surface area (Å²) in [7, 11) is 6.02. The van der Waals surface area contributed by atoms with Crippen molar-refractivity contribution in [1.29, 1.82) is 0 Å². The first-order valence-corrected chi connectivity index (χ1v) is 7.29. The highest BCUT2D eigenvalue weighted by molar-refractivity contribution is 5.98. The zero-order valence-corrected chi connectivity index (χ0v) is 14.1. The standard InChI is InChI=1S/C17H21NO6/c1-20-13-8-7-11(15(22-3)16(13)23-4)17(19)18-10-14(21-2)12-6-5-9-24-12/h5-9,14H,10H2,1-4H3,(H,18,19). The number of amides is 1. The van der Waals surface area contributed by atoms with Gasteiger partial charge in [-0.05, 0) is 24.3 Å². The Balaban J connectivity index is 2.17. The zero-order chi connectivity index (χ0) is 17.5. The fourth-order valence-electron chi connectivity index (χ4n) is 2.34. The van der Waals surface area contributed by atoms with E-state index >= 15 is 0 Å². The van der Waals surface area contributed by atoms with Crippen LogP contribution in [0.25, 0.3) is 0 Å². The Morgan fingerprint density at radius 1 is 1.08 bits per heavy atom. The number of carbonyl (C=O) groups excluding carboxylic acids is 1. The summed E-state index contributed by atoms with van der Waals surface area (Å²) in [6.07, 6.45) is 1.18. The minimum atomic E-state index is -0.380. The van der Waals surface area contributed by atoms with Crippen molar-refractivity contribution in [2.24, 2.45) is 0 Å². The molecule has 0 saturated heterocycles. The van der Waals surface area contributed by atoms with E-state index in [1.807, 2.05) is 0 Å². The average molecular weight is 335 g/mol. The number of ether oxygens (including phenoxy) is 4. The van der Waals surface area contributed by atoms with Gasteiger partial charge in [0, 0.05) is 7.11 Å². The molecule has 1 heterocycles. The lowest BCUT2D eigenvalue weighted by Crippen LogP contribution is -2.29. The second kappa shape index (κ2) is 8.26. The van der Waals surface area contributed by atoms with E-state index in [4.69, 9.17) is 23.4 Å². The maximum atomic E-state index is 12.5. The van der Waals surface area contributed by atoms with Gasteiger partial charge >= 0.3 is 0 Å². The van der Waals surface area contributed by atoms with Crippen LogP contribution in [0.2, 0.25) is 0 Å². The molecular weight excluding hydrogens is 314 g/mol. The quantitative estimate of drug-likeness (QED) is 0.798. The lowest BCUT2D eigenvalue weighted by atomic mass is 10.1. The van der Waals surface area contributed by atoms with E-state index in [2.05, 4.69) is 5.32 Å². The first-order chi connectivity index (χ1) is 11.7. The molecule has 0 aliphatic heterocycles. The van der Waals surface area contributed by atoms with Crippen molar-refractivity contribution >= 4 is 5.91 Å². The summed E-state index contributed by atoms with van der Waals surface area (Å²) in [5.41, 5.74) is 0.337. The maximum Gasteiger partial charge on any atom is 0.255 e. The molecule has 1 atom stereocenters. The molecule has 0 aliphatic carbocycles. The van der Waals surface area contributed by atoms with Crippen LogP contribution in [0.5, 0.6) is 17.2 Å². The first kappa shape index (κ1) is 17.7. The highest BCUT2D eigenvalue weighted by Crippen LogP contribution is 2.39. The van der Waals surface area contributed by atoms with Gasteiger partial charge in [0.15, 0.2) is 11.5 Å². The average Bonchev–Trinajstić information content (AvgIpc) is 3.14. The van der Waals surface area contributed by atoms with Gasteiger partial charge < -0.3 is 28.7 Å². The summed E-state index contributed by atoms with van der Waals surface area (Å²) < 4.78 is 26.4. The second-order valence-electron chi connectivity index (χ2n) is 4.83. The topological polar surface area (TPSA) is 79.2 Å². The molecule has 0 aliphatic rings. The number of nitrogens with one attached hydrogen (secondary N) is 1. The predicted octanol–water partition coefficient (Wildman–Crippen LogP) is 2.42. The number of furan rings is 1.